The van der Waals surface area contributed by atoms with Crippen molar-refractivity contribution in [3.8, 4) is 5.75 Å². The first-order valence-corrected chi connectivity index (χ1v) is 6.26. The Labute approximate surface area is 113 Å². The van der Waals surface area contributed by atoms with E-state index in [2.05, 4.69) is 0 Å². The molecule has 0 saturated carbocycles. The second kappa shape index (κ2) is 6.99. The van der Waals surface area contributed by atoms with Gasteiger partial charge in [-0.2, -0.15) is 0 Å². The van der Waals surface area contributed by atoms with Crippen LogP contribution in [0.1, 0.15) is 20.3 Å². The first-order chi connectivity index (χ1) is 8.88. The number of benzene rings is 1. The molecule has 1 aromatic carbocycles. The lowest BCUT2D eigenvalue weighted by Crippen LogP contribution is -2.30. The van der Waals surface area contributed by atoms with Gasteiger partial charge in [-0.05, 0) is 38.1 Å². The van der Waals surface area contributed by atoms with Gasteiger partial charge in [-0.15, -0.1) is 0 Å². The Bertz CT molecular complexity index is 402. The van der Waals surface area contributed by atoms with Crippen LogP contribution in [0.5, 0.6) is 5.75 Å². The number of aliphatic hydroxyl groups excluding tert-OH is 1. The maximum Gasteiger partial charge on any atom is 0.306 e. The zero-order valence-corrected chi connectivity index (χ0v) is 11.5. The number of rotatable bonds is 7. The number of ether oxygens (including phenoxy) is 1. The summed E-state index contributed by atoms with van der Waals surface area (Å²) in [6.07, 6.45) is -1.01. The Morgan fingerprint density at radius 2 is 1.89 bits per heavy atom. The molecular formula is C14H21NO4. The van der Waals surface area contributed by atoms with Crippen molar-refractivity contribution < 1.29 is 19.7 Å². The average molecular weight is 267 g/mol. The molecule has 106 valence electrons. The lowest BCUT2D eigenvalue weighted by molar-refractivity contribution is -0.139. The third kappa shape index (κ3) is 5.61. The largest absolute Gasteiger partial charge is 0.491 e. The zero-order chi connectivity index (χ0) is 14.4. The molecule has 1 atom stereocenters. The zero-order valence-electron chi connectivity index (χ0n) is 11.5. The molecule has 0 aliphatic carbocycles. The maximum atomic E-state index is 10.5. The van der Waals surface area contributed by atoms with E-state index in [0.717, 1.165) is 11.4 Å². The van der Waals surface area contributed by atoms with Crippen LogP contribution in [0.2, 0.25) is 0 Å². The third-order valence-electron chi connectivity index (χ3n) is 2.54. The third-order valence-corrected chi connectivity index (χ3v) is 2.54. The molecule has 5 heteroatoms. The minimum absolute atomic E-state index is 0.126. The van der Waals surface area contributed by atoms with Crippen molar-refractivity contribution in [2.24, 2.45) is 0 Å². The summed E-state index contributed by atoms with van der Waals surface area (Å²) in [6, 6.07) is 7.47. The molecule has 0 radical (unpaired) electrons. The summed E-state index contributed by atoms with van der Waals surface area (Å²) in [5.74, 6) is -0.209. The normalized spacial score (nSPS) is 12.3. The van der Waals surface area contributed by atoms with Gasteiger partial charge < -0.3 is 19.8 Å². The molecule has 0 spiro atoms. The molecule has 0 aromatic heterocycles. The molecule has 1 unspecified atom stereocenters. The van der Waals surface area contributed by atoms with Crippen LogP contribution >= 0.6 is 0 Å². The van der Waals surface area contributed by atoms with Gasteiger partial charge in [0.25, 0.3) is 0 Å². The lowest BCUT2D eigenvalue weighted by atomic mass is 10.2. The minimum Gasteiger partial charge on any atom is -0.491 e. The number of carboxylic acid groups (broad SMARTS) is 1. The number of carbonyl (C=O) groups is 1. The maximum absolute atomic E-state index is 10.5. The highest BCUT2D eigenvalue weighted by atomic mass is 16.5. The number of hydrogen-bond acceptors (Lipinski definition) is 4. The molecule has 0 amide bonds. The van der Waals surface area contributed by atoms with Crippen molar-refractivity contribution in [1.82, 2.24) is 0 Å². The van der Waals surface area contributed by atoms with Crippen LogP contribution in [0, 0.1) is 0 Å². The Kier molecular flexibility index (Phi) is 5.63. The van der Waals surface area contributed by atoms with Gasteiger partial charge in [0.2, 0.25) is 0 Å². The van der Waals surface area contributed by atoms with Crippen LogP contribution in [0.15, 0.2) is 24.3 Å². The molecule has 0 aliphatic heterocycles. The summed E-state index contributed by atoms with van der Waals surface area (Å²) >= 11 is 0. The van der Waals surface area contributed by atoms with E-state index >= 15 is 0 Å². The molecular weight excluding hydrogens is 246 g/mol. The van der Waals surface area contributed by atoms with Crippen LogP contribution in [-0.4, -0.2) is 42.0 Å². The van der Waals surface area contributed by atoms with Gasteiger partial charge in [0.15, 0.2) is 0 Å². The number of nitrogens with zero attached hydrogens (tertiary/aromatic N) is 1. The van der Waals surface area contributed by atoms with Gasteiger partial charge in [0.05, 0.1) is 18.6 Å². The highest BCUT2D eigenvalue weighted by Gasteiger charge is 2.12. The van der Waals surface area contributed by atoms with Crippen LogP contribution in [-0.2, 0) is 4.79 Å². The number of aliphatic hydroxyl groups is 1. The lowest BCUT2D eigenvalue weighted by Gasteiger charge is -2.22. The highest BCUT2D eigenvalue weighted by Crippen LogP contribution is 2.19. The molecule has 0 saturated heterocycles. The summed E-state index contributed by atoms with van der Waals surface area (Å²) in [4.78, 5) is 12.3. The SMILES string of the molecule is CC(C)Oc1ccc(N(C)CC(O)CC(=O)O)cc1. The van der Waals surface area contributed by atoms with E-state index in [1.807, 2.05) is 50.1 Å². The predicted molar refractivity (Wildman–Crippen MR) is 73.7 cm³/mol. The first-order valence-electron chi connectivity index (χ1n) is 6.26. The fraction of sp³-hybridized carbons (Fsp3) is 0.500. The molecule has 5 nitrogen and oxygen atoms in total. The van der Waals surface area contributed by atoms with Crippen molar-refractivity contribution in [2.75, 3.05) is 18.5 Å². The molecule has 19 heavy (non-hydrogen) atoms. The summed E-state index contributed by atoms with van der Waals surface area (Å²) in [5.41, 5.74) is 0.903. The van der Waals surface area contributed by atoms with Gasteiger partial charge in [-0.25, -0.2) is 0 Å². The summed E-state index contributed by atoms with van der Waals surface area (Å²) in [6.45, 7) is 4.20. The smallest absolute Gasteiger partial charge is 0.306 e. The van der Waals surface area contributed by atoms with E-state index in [-0.39, 0.29) is 19.1 Å². The van der Waals surface area contributed by atoms with Gasteiger partial charge >= 0.3 is 5.97 Å². The number of hydrogen-bond donors (Lipinski definition) is 2. The molecule has 0 bridgehead atoms. The molecule has 1 aromatic rings. The predicted octanol–water partition coefficient (Wildman–Crippen LogP) is 1.75. The van der Waals surface area contributed by atoms with E-state index in [0.29, 0.717) is 0 Å². The van der Waals surface area contributed by atoms with E-state index in [1.165, 1.54) is 0 Å². The summed E-state index contributed by atoms with van der Waals surface area (Å²) < 4.78 is 5.54. The minimum atomic E-state index is -0.999. The van der Waals surface area contributed by atoms with Crippen molar-refractivity contribution in [3.05, 3.63) is 24.3 Å². The van der Waals surface area contributed by atoms with Gasteiger partial charge in [-0.1, -0.05) is 0 Å². The Morgan fingerprint density at radius 3 is 2.37 bits per heavy atom. The molecule has 0 aliphatic rings. The number of aliphatic carboxylic acids is 1. The van der Waals surface area contributed by atoms with Crippen molar-refractivity contribution >= 4 is 11.7 Å². The summed E-state index contributed by atoms with van der Waals surface area (Å²) in [5, 5.41) is 18.2. The van der Waals surface area contributed by atoms with Crippen molar-refractivity contribution in [2.45, 2.75) is 32.5 Å². The number of carboxylic acids is 1. The summed E-state index contributed by atoms with van der Waals surface area (Å²) in [7, 11) is 1.81. The molecule has 0 heterocycles. The van der Waals surface area contributed by atoms with E-state index < -0.39 is 12.1 Å². The standard InChI is InChI=1S/C14H21NO4/c1-10(2)19-13-6-4-11(5-7-13)15(3)9-12(16)8-14(17)18/h4-7,10,12,16H,8-9H2,1-3H3,(H,17,18). The monoisotopic (exact) mass is 267 g/mol. The number of likely N-dealkylation sites (N-methyl/N-ethyl adjacent to an activating group) is 1. The van der Waals surface area contributed by atoms with Crippen molar-refractivity contribution in [3.63, 3.8) is 0 Å². The second-order valence-electron chi connectivity index (χ2n) is 4.79. The second-order valence-corrected chi connectivity index (χ2v) is 4.79. The van der Waals surface area contributed by atoms with Crippen molar-refractivity contribution in [1.29, 1.82) is 0 Å². The highest BCUT2D eigenvalue weighted by molar-refractivity contribution is 5.67. The average Bonchev–Trinajstić information content (AvgIpc) is 2.27. The first kappa shape index (κ1) is 15.3. The van der Waals surface area contributed by atoms with E-state index in [1.54, 1.807) is 0 Å². The van der Waals surface area contributed by atoms with Crippen LogP contribution < -0.4 is 9.64 Å². The van der Waals surface area contributed by atoms with E-state index in [9.17, 15) is 9.90 Å². The van der Waals surface area contributed by atoms with Crippen LogP contribution in [0.25, 0.3) is 0 Å². The van der Waals surface area contributed by atoms with Crippen LogP contribution in [0.3, 0.4) is 0 Å². The Balaban J connectivity index is 2.57. The van der Waals surface area contributed by atoms with Gasteiger partial charge in [0.1, 0.15) is 5.75 Å². The van der Waals surface area contributed by atoms with Crippen LogP contribution in [0.4, 0.5) is 5.69 Å². The molecule has 1 rings (SSSR count). The fourth-order valence-corrected chi connectivity index (χ4v) is 1.74. The quantitative estimate of drug-likeness (QED) is 0.787. The molecule has 0 fully saturated rings. The number of anilines is 1. The van der Waals surface area contributed by atoms with Gasteiger partial charge in [0, 0.05) is 19.3 Å². The molecule has 2 N–H and O–H groups in total. The topological polar surface area (TPSA) is 70.0 Å². The van der Waals surface area contributed by atoms with E-state index in [4.69, 9.17) is 9.84 Å². The fourth-order valence-electron chi connectivity index (χ4n) is 1.74. The Hall–Kier alpha value is -1.75. The Morgan fingerprint density at radius 1 is 1.32 bits per heavy atom. The van der Waals surface area contributed by atoms with Gasteiger partial charge in [-0.3, -0.25) is 4.79 Å².